The molecule has 0 amide bonds. The van der Waals surface area contributed by atoms with Crippen LogP contribution in [0.1, 0.15) is 6.42 Å². The molecule has 1 saturated heterocycles. The second-order valence-electron chi connectivity index (χ2n) is 3.03. The summed E-state index contributed by atoms with van der Waals surface area (Å²) in [5.74, 6) is 0.997. The van der Waals surface area contributed by atoms with Gasteiger partial charge in [0.25, 0.3) is 0 Å². The van der Waals surface area contributed by atoms with Crippen molar-refractivity contribution in [2.45, 2.75) is 11.2 Å². The van der Waals surface area contributed by atoms with Gasteiger partial charge in [0.05, 0.1) is 4.47 Å². The summed E-state index contributed by atoms with van der Waals surface area (Å²) in [6.45, 7) is 2.08. The lowest BCUT2D eigenvalue weighted by atomic mass is 10.4. The predicted molar refractivity (Wildman–Crippen MR) is 59.3 cm³/mol. The van der Waals surface area contributed by atoms with Crippen LogP contribution in [0.3, 0.4) is 0 Å². The highest BCUT2D eigenvalue weighted by Crippen LogP contribution is 2.27. The average molecular weight is 307 g/mol. The molecular formula is C8H9Br2N3. The molecule has 0 N–H and O–H groups in total. The van der Waals surface area contributed by atoms with Crippen LogP contribution in [-0.4, -0.2) is 27.9 Å². The van der Waals surface area contributed by atoms with Gasteiger partial charge in [0.15, 0.2) is 0 Å². The molecule has 3 nitrogen and oxygen atoms in total. The van der Waals surface area contributed by atoms with Crippen LogP contribution in [0, 0.1) is 0 Å². The lowest BCUT2D eigenvalue weighted by Crippen LogP contribution is -2.21. The standard InChI is InChI=1S/C8H9Br2N3/c9-6-1-2-13(4-6)8-7(10)3-11-5-12-8/h3,5-6H,1-2,4H2. The Morgan fingerprint density at radius 2 is 2.38 bits per heavy atom. The van der Waals surface area contributed by atoms with E-state index in [1.54, 1.807) is 12.5 Å². The van der Waals surface area contributed by atoms with Gasteiger partial charge in [-0.15, -0.1) is 0 Å². The summed E-state index contributed by atoms with van der Waals surface area (Å²) in [6.07, 6.45) is 4.54. The van der Waals surface area contributed by atoms with E-state index in [0.29, 0.717) is 4.83 Å². The molecule has 1 atom stereocenters. The number of aromatic nitrogens is 2. The molecule has 1 aliphatic heterocycles. The molecule has 2 rings (SSSR count). The maximum Gasteiger partial charge on any atom is 0.146 e. The van der Waals surface area contributed by atoms with E-state index in [9.17, 15) is 0 Å². The second-order valence-corrected chi connectivity index (χ2v) is 5.18. The topological polar surface area (TPSA) is 29.0 Å². The number of hydrogen-bond acceptors (Lipinski definition) is 3. The highest BCUT2D eigenvalue weighted by Gasteiger charge is 2.22. The first-order chi connectivity index (χ1) is 6.27. The molecule has 0 aliphatic carbocycles. The molecule has 0 saturated carbocycles. The van der Waals surface area contributed by atoms with E-state index in [-0.39, 0.29) is 0 Å². The first-order valence-corrected chi connectivity index (χ1v) is 5.83. The van der Waals surface area contributed by atoms with Crippen LogP contribution in [0.2, 0.25) is 0 Å². The number of nitrogens with zero attached hydrogens (tertiary/aromatic N) is 3. The number of alkyl halides is 1. The first-order valence-electron chi connectivity index (χ1n) is 4.12. The Morgan fingerprint density at radius 3 is 3.00 bits per heavy atom. The van der Waals surface area contributed by atoms with Crippen LogP contribution >= 0.6 is 31.9 Å². The van der Waals surface area contributed by atoms with E-state index in [2.05, 4.69) is 46.7 Å². The molecule has 0 aromatic carbocycles. The fourth-order valence-electron chi connectivity index (χ4n) is 1.45. The van der Waals surface area contributed by atoms with Gasteiger partial charge in [0, 0.05) is 24.1 Å². The van der Waals surface area contributed by atoms with Crippen molar-refractivity contribution in [3.8, 4) is 0 Å². The van der Waals surface area contributed by atoms with Crippen molar-refractivity contribution >= 4 is 37.7 Å². The largest absolute Gasteiger partial charge is 0.354 e. The Hall–Kier alpha value is -0.160. The van der Waals surface area contributed by atoms with Crippen molar-refractivity contribution in [1.29, 1.82) is 0 Å². The molecule has 5 heteroatoms. The summed E-state index contributed by atoms with van der Waals surface area (Å²) >= 11 is 7.04. The highest BCUT2D eigenvalue weighted by atomic mass is 79.9. The van der Waals surface area contributed by atoms with E-state index in [1.165, 1.54) is 6.42 Å². The maximum absolute atomic E-state index is 4.24. The average Bonchev–Trinajstić information content (AvgIpc) is 2.53. The molecule has 0 radical (unpaired) electrons. The Bertz CT molecular complexity index is 305. The van der Waals surface area contributed by atoms with Crippen LogP contribution in [0.5, 0.6) is 0 Å². The van der Waals surface area contributed by atoms with E-state index in [4.69, 9.17) is 0 Å². The zero-order valence-electron chi connectivity index (χ0n) is 6.95. The molecule has 70 valence electrons. The lowest BCUT2D eigenvalue weighted by Gasteiger charge is -2.17. The molecule has 0 spiro atoms. The summed E-state index contributed by atoms with van der Waals surface area (Å²) in [6, 6.07) is 0. The van der Waals surface area contributed by atoms with E-state index in [1.807, 2.05) is 0 Å². The van der Waals surface area contributed by atoms with Crippen LogP contribution in [0.25, 0.3) is 0 Å². The Labute approximate surface area is 93.8 Å². The van der Waals surface area contributed by atoms with Gasteiger partial charge in [-0.1, -0.05) is 15.9 Å². The number of hydrogen-bond donors (Lipinski definition) is 0. The van der Waals surface area contributed by atoms with E-state index >= 15 is 0 Å². The summed E-state index contributed by atoms with van der Waals surface area (Å²) in [5.41, 5.74) is 0. The molecule has 2 heterocycles. The van der Waals surface area contributed by atoms with Crippen molar-refractivity contribution in [1.82, 2.24) is 9.97 Å². The third kappa shape index (κ3) is 2.02. The van der Waals surface area contributed by atoms with Gasteiger partial charge in [-0.05, 0) is 22.4 Å². The van der Waals surface area contributed by atoms with Gasteiger partial charge in [-0.25, -0.2) is 9.97 Å². The minimum atomic E-state index is 0.592. The molecule has 1 aromatic rings. The van der Waals surface area contributed by atoms with Gasteiger partial charge in [-0.3, -0.25) is 0 Å². The van der Waals surface area contributed by atoms with Crippen LogP contribution in [0.15, 0.2) is 17.0 Å². The Kier molecular flexibility index (Phi) is 2.83. The third-order valence-electron chi connectivity index (χ3n) is 2.08. The second kappa shape index (κ2) is 3.92. The van der Waals surface area contributed by atoms with Crippen molar-refractivity contribution in [2.24, 2.45) is 0 Å². The molecule has 13 heavy (non-hydrogen) atoms. The predicted octanol–water partition coefficient (Wildman–Crippen LogP) is 2.21. The molecule has 1 fully saturated rings. The lowest BCUT2D eigenvalue weighted by molar-refractivity contribution is 0.922. The van der Waals surface area contributed by atoms with Gasteiger partial charge in [-0.2, -0.15) is 0 Å². The smallest absolute Gasteiger partial charge is 0.146 e. The van der Waals surface area contributed by atoms with Gasteiger partial charge < -0.3 is 4.90 Å². The van der Waals surface area contributed by atoms with Crippen LogP contribution in [0.4, 0.5) is 5.82 Å². The monoisotopic (exact) mass is 305 g/mol. The molecule has 1 aliphatic rings. The zero-order chi connectivity index (χ0) is 9.26. The summed E-state index contributed by atoms with van der Waals surface area (Å²) in [4.78, 5) is 11.0. The van der Waals surface area contributed by atoms with Crippen molar-refractivity contribution in [3.63, 3.8) is 0 Å². The molecular weight excluding hydrogens is 298 g/mol. The molecule has 0 bridgehead atoms. The minimum Gasteiger partial charge on any atom is -0.354 e. The van der Waals surface area contributed by atoms with Gasteiger partial charge in [0.2, 0.25) is 0 Å². The normalized spacial score (nSPS) is 22.3. The Balaban J connectivity index is 2.21. The van der Waals surface area contributed by atoms with E-state index < -0.39 is 0 Å². The molecule has 1 unspecified atom stereocenters. The fourth-order valence-corrected chi connectivity index (χ4v) is 2.47. The highest BCUT2D eigenvalue weighted by molar-refractivity contribution is 9.10. The summed E-state index contributed by atoms with van der Waals surface area (Å²) < 4.78 is 0.969. The maximum atomic E-state index is 4.24. The van der Waals surface area contributed by atoms with Crippen molar-refractivity contribution < 1.29 is 0 Å². The first kappa shape index (κ1) is 9.40. The van der Waals surface area contributed by atoms with Gasteiger partial charge in [0.1, 0.15) is 12.1 Å². The number of anilines is 1. The van der Waals surface area contributed by atoms with Crippen molar-refractivity contribution in [2.75, 3.05) is 18.0 Å². The fraction of sp³-hybridized carbons (Fsp3) is 0.500. The summed E-state index contributed by atoms with van der Waals surface area (Å²) in [7, 11) is 0. The zero-order valence-corrected chi connectivity index (χ0v) is 10.1. The number of rotatable bonds is 1. The third-order valence-corrected chi connectivity index (χ3v) is 3.39. The van der Waals surface area contributed by atoms with Crippen molar-refractivity contribution in [3.05, 3.63) is 17.0 Å². The Morgan fingerprint density at radius 1 is 1.54 bits per heavy atom. The quantitative estimate of drug-likeness (QED) is 0.745. The molecule has 1 aromatic heterocycles. The van der Waals surface area contributed by atoms with Gasteiger partial charge >= 0.3 is 0 Å². The summed E-state index contributed by atoms with van der Waals surface area (Å²) in [5, 5.41) is 0. The van der Waals surface area contributed by atoms with Crippen LogP contribution < -0.4 is 4.90 Å². The number of halogens is 2. The minimum absolute atomic E-state index is 0.592. The van der Waals surface area contributed by atoms with Crippen LogP contribution in [-0.2, 0) is 0 Å². The SMILES string of the molecule is Brc1cncnc1N1CCC(Br)C1. The van der Waals surface area contributed by atoms with E-state index in [0.717, 1.165) is 23.4 Å².